The molecule has 0 radical (unpaired) electrons. The van der Waals surface area contributed by atoms with Crippen LogP contribution in [0.1, 0.15) is 29.0 Å². The van der Waals surface area contributed by atoms with Crippen LogP contribution in [0.2, 0.25) is 0 Å². The van der Waals surface area contributed by atoms with Gasteiger partial charge in [-0.2, -0.15) is 0 Å². The Morgan fingerprint density at radius 2 is 2.00 bits per heavy atom. The first-order valence-corrected chi connectivity index (χ1v) is 7.08. The third kappa shape index (κ3) is 4.81. The minimum Gasteiger partial charge on any atom is -0.483 e. The number of amides is 1. The molecule has 0 aromatic carbocycles. The number of likely N-dealkylation sites (tertiary alicyclic amines) is 1. The van der Waals surface area contributed by atoms with Gasteiger partial charge in [0.1, 0.15) is 5.69 Å². The lowest BCUT2D eigenvalue weighted by Gasteiger charge is -2.36. The third-order valence-electron chi connectivity index (χ3n) is 3.83. The zero-order chi connectivity index (χ0) is 16.8. The number of rotatable bonds is 3. The molecule has 1 saturated heterocycles. The first kappa shape index (κ1) is 18.1. The van der Waals surface area contributed by atoms with E-state index in [1.54, 1.807) is 24.9 Å². The molecule has 8 heteroatoms. The maximum Gasteiger partial charge on any atom is 0.290 e. The fourth-order valence-corrected chi connectivity index (χ4v) is 2.41. The van der Waals surface area contributed by atoms with Crippen LogP contribution in [0.3, 0.4) is 0 Å². The van der Waals surface area contributed by atoms with E-state index < -0.39 is 5.60 Å². The van der Waals surface area contributed by atoms with E-state index in [1.807, 2.05) is 7.05 Å². The van der Waals surface area contributed by atoms with E-state index >= 15 is 0 Å². The molecule has 1 amide bonds. The number of aryl methyl sites for hydroxylation is 2. The van der Waals surface area contributed by atoms with Crippen LogP contribution in [0.5, 0.6) is 0 Å². The lowest BCUT2D eigenvalue weighted by Crippen LogP contribution is -2.50. The lowest BCUT2D eigenvalue weighted by molar-refractivity contribution is -0.122. The number of hydrogen-bond donors (Lipinski definition) is 3. The molecule has 2 rings (SSSR count). The number of imidazole rings is 1. The van der Waals surface area contributed by atoms with Gasteiger partial charge >= 0.3 is 0 Å². The van der Waals surface area contributed by atoms with Crippen molar-refractivity contribution < 1.29 is 19.8 Å². The maximum atomic E-state index is 12.1. The Morgan fingerprint density at radius 3 is 2.45 bits per heavy atom. The number of carbonyl (C=O) groups is 2. The van der Waals surface area contributed by atoms with Crippen molar-refractivity contribution in [2.24, 2.45) is 7.05 Å². The Kier molecular flexibility index (Phi) is 6.51. The van der Waals surface area contributed by atoms with E-state index in [0.717, 1.165) is 13.1 Å². The van der Waals surface area contributed by atoms with Crippen molar-refractivity contribution in [2.75, 3.05) is 26.7 Å². The van der Waals surface area contributed by atoms with Gasteiger partial charge in [0, 0.05) is 26.7 Å². The second-order valence-corrected chi connectivity index (χ2v) is 5.61. The molecule has 3 N–H and O–H groups in total. The monoisotopic (exact) mass is 312 g/mol. The highest BCUT2D eigenvalue weighted by atomic mass is 16.3. The molecule has 0 atom stereocenters. The van der Waals surface area contributed by atoms with Crippen LogP contribution in [0, 0.1) is 6.92 Å². The molecule has 8 nitrogen and oxygen atoms in total. The first-order chi connectivity index (χ1) is 10.3. The molecule has 1 aromatic rings. The molecule has 1 aromatic heterocycles. The lowest BCUT2D eigenvalue weighted by atomic mass is 9.91. The molecular weight excluding hydrogens is 288 g/mol. The van der Waals surface area contributed by atoms with Crippen LogP contribution < -0.4 is 5.32 Å². The number of piperidine rings is 1. The predicted octanol–water partition coefficient (Wildman–Crippen LogP) is -0.384. The topological polar surface area (TPSA) is 108 Å². The van der Waals surface area contributed by atoms with Gasteiger partial charge in [-0.1, -0.05) is 0 Å². The summed E-state index contributed by atoms with van der Waals surface area (Å²) in [6.45, 7) is 3.57. The Morgan fingerprint density at radius 1 is 1.45 bits per heavy atom. The fourth-order valence-electron chi connectivity index (χ4n) is 2.41. The summed E-state index contributed by atoms with van der Waals surface area (Å²) in [5.74, 6) is -0.176. The average Bonchev–Trinajstić information content (AvgIpc) is 2.80. The maximum absolute atomic E-state index is 12.1. The van der Waals surface area contributed by atoms with Gasteiger partial charge in [0.15, 0.2) is 0 Å². The Labute approximate surface area is 129 Å². The zero-order valence-electron chi connectivity index (χ0n) is 13.2. The summed E-state index contributed by atoms with van der Waals surface area (Å²) < 4.78 is 1.70. The van der Waals surface area contributed by atoms with Crippen molar-refractivity contribution in [3.63, 3.8) is 0 Å². The van der Waals surface area contributed by atoms with Gasteiger partial charge in [0.2, 0.25) is 0 Å². The van der Waals surface area contributed by atoms with E-state index in [-0.39, 0.29) is 12.4 Å². The van der Waals surface area contributed by atoms with Gasteiger partial charge in [-0.15, -0.1) is 0 Å². The molecule has 0 aliphatic carbocycles. The smallest absolute Gasteiger partial charge is 0.290 e. The van der Waals surface area contributed by atoms with E-state index in [0.29, 0.717) is 30.8 Å². The molecule has 0 unspecified atom stereocenters. The largest absolute Gasteiger partial charge is 0.483 e. The second-order valence-electron chi connectivity index (χ2n) is 5.61. The normalized spacial score (nSPS) is 17.3. The van der Waals surface area contributed by atoms with Crippen molar-refractivity contribution in [3.8, 4) is 0 Å². The molecule has 22 heavy (non-hydrogen) atoms. The summed E-state index contributed by atoms with van der Waals surface area (Å²) >= 11 is 0. The molecule has 1 aliphatic heterocycles. The van der Waals surface area contributed by atoms with Gasteiger partial charge in [0.25, 0.3) is 12.4 Å². The Hall–Kier alpha value is -1.93. The van der Waals surface area contributed by atoms with E-state index in [1.165, 1.54) is 0 Å². The zero-order valence-corrected chi connectivity index (χ0v) is 13.2. The minimum atomic E-state index is -0.783. The number of nitrogens with one attached hydrogen (secondary N) is 1. The standard InChI is InChI=1S/C13H22N4O2.CH2O2/c1-10-11(17(3)9-15-10)12(18)14-8-13(19)4-6-16(2)7-5-13;2-1-3/h9,19H,4-8H2,1-3H3,(H,14,18);1H,(H,2,3). The van der Waals surface area contributed by atoms with Crippen molar-refractivity contribution in [1.29, 1.82) is 0 Å². The second kappa shape index (κ2) is 7.90. The van der Waals surface area contributed by atoms with Gasteiger partial charge in [-0.3, -0.25) is 9.59 Å². The SMILES string of the molecule is Cc1ncn(C)c1C(=O)NCC1(O)CCN(C)CC1.O=CO. The molecule has 0 bridgehead atoms. The van der Waals surface area contributed by atoms with Crippen LogP contribution in [-0.4, -0.2) is 69.3 Å². The highest BCUT2D eigenvalue weighted by molar-refractivity contribution is 5.93. The van der Waals surface area contributed by atoms with Crippen molar-refractivity contribution >= 4 is 12.4 Å². The van der Waals surface area contributed by atoms with Gasteiger partial charge < -0.3 is 25.0 Å². The number of aromatic nitrogens is 2. The predicted molar refractivity (Wildman–Crippen MR) is 80.7 cm³/mol. The van der Waals surface area contributed by atoms with Gasteiger partial charge in [-0.05, 0) is 26.8 Å². The summed E-state index contributed by atoms with van der Waals surface area (Å²) in [6.07, 6.45) is 3.00. The first-order valence-electron chi connectivity index (χ1n) is 7.08. The molecule has 124 valence electrons. The fraction of sp³-hybridized carbons (Fsp3) is 0.643. The number of hydrogen-bond acceptors (Lipinski definition) is 5. The summed E-state index contributed by atoms with van der Waals surface area (Å²) in [5, 5.41) is 20.1. The van der Waals surface area contributed by atoms with Crippen LogP contribution in [-0.2, 0) is 11.8 Å². The summed E-state index contributed by atoms with van der Waals surface area (Å²) in [7, 11) is 3.83. The Bertz CT molecular complexity index is 487. The third-order valence-corrected chi connectivity index (χ3v) is 3.83. The quantitative estimate of drug-likeness (QED) is 0.657. The number of carbonyl (C=O) groups excluding carboxylic acids is 1. The van der Waals surface area contributed by atoms with Crippen molar-refractivity contribution in [2.45, 2.75) is 25.4 Å². The molecule has 2 heterocycles. The highest BCUT2D eigenvalue weighted by Gasteiger charge is 2.31. The Balaban J connectivity index is 0.000000745. The average molecular weight is 312 g/mol. The molecular formula is C14H24N4O4. The number of aliphatic hydroxyl groups is 1. The molecule has 0 spiro atoms. The summed E-state index contributed by atoms with van der Waals surface area (Å²) in [5.41, 5.74) is 0.473. The molecule has 0 saturated carbocycles. The molecule has 1 aliphatic rings. The summed E-state index contributed by atoms with van der Waals surface area (Å²) in [4.78, 5) is 26.7. The van der Waals surface area contributed by atoms with E-state index in [2.05, 4.69) is 15.2 Å². The van der Waals surface area contributed by atoms with Gasteiger partial charge in [0.05, 0.1) is 17.6 Å². The van der Waals surface area contributed by atoms with E-state index in [4.69, 9.17) is 9.90 Å². The van der Waals surface area contributed by atoms with Crippen LogP contribution in [0.15, 0.2) is 6.33 Å². The van der Waals surface area contributed by atoms with E-state index in [9.17, 15) is 9.90 Å². The van der Waals surface area contributed by atoms with Crippen LogP contribution in [0.25, 0.3) is 0 Å². The van der Waals surface area contributed by atoms with Crippen LogP contribution >= 0.6 is 0 Å². The minimum absolute atomic E-state index is 0.176. The summed E-state index contributed by atoms with van der Waals surface area (Å²) in [6, 6.07) is 0. The molecule has 1 fully saturated rings. The van der Waals surface area contributed by atoms with Crippen molar-refractivity contribution in [1.82, 2.24) is 19.8 Å². The van der Waals surface area contributed by atoms with Crippen LogP contribution in [0.4, 0.5) is 0 Å². The number of nitrogens with zero attached hydrogens (tertiary/aromatic N) is 3. The van der Waals surface area contributed by atoms with Gasteiger partial charge in [-0.25, -0.2) is 4.98 Å². The highest BCUT2D eigenvalue weighted by Crippen LogP contribution is 2.20. The van der Waals surface area contributed by atoms with Crippen molar-refractivity contribution in [3.05, 3.63) is 17.7 Å². The number of carboxylic acid groups (broad SMARTS) is 1.